The highest BCUT2D eigenvalue weighted by molar-refractivity contribution is 5.91. The molecule has 4 aromatic rings. The molecule has 0 saturated carbocycles. The summed E-state index contributed by atoms with van der Waals surface area (Å²) in [5.41, 5.74) is 3.81. The average Bonchev–Trinajstić information content (AvgIpc) is 2.80. The normalized spacial score (nSPS) is 14.8. The summed E-state index contributed by atoms with van der Waals surface area (Å²) < 4.78 is 0. The third kappa shape index (κ3) is 3.82. The molecule has 6 nitrogen and oxygen atoms in total. The molecule has 0 atom stereocenters. The lowest BCUT2D eigenvalue weighted by Gasteiger charge is -2.33. The van der Waals surface area contributed by atoms with Crippen LogP contribution in [0.15, 0.2) is 72.9 Å². The Morgan fingerprint density at radius 2 is 1.63 bits per heavy atom. The number of fused-ring (bicyclic) bond motifs is 1. The molecule has 6 heteroatoms. The predicted octanol–water partition coefficient (Wildman–Crippen LogP) is 4.19. The van der Waals surface area contributed by atoms with Crippen LogP contribution in [0.2, 0.25) is 0 Å². The molecule has 1 fully saturated rings. The van der Waals surface area contributed by atoms with Crippen LogP contribution in [0.1, 0.15) is 0 Å². The van der Waals surface area contributed by atoms with Crippen molar-refractivity contribution < 1.29 is 0 Å². The molecule has 1 N–H and O–H groups in total. The second kappa shape index (κ2) is 8.08. The van der Waals surface area contributed by atoms with Crippen molar-refractivity contribution in [1.82, 2.24) is 19.9 Å². The first-order valence-electron chi connectivity index (χ1n) is 10.2. The van der Waals surface area contributed by atoms with Crippen LogP contribution < -0.4 is 10.2 Å². The van der Waals surface area contributed by atoms with Crippen molar-refractivity contribution in [3.05, 3.63) is 72.9 Å². The molecule has 0 bridgehead atoms. The van der Waals surface area contributed by atoms with Gasteiger partial charge in [0, 0.05) is 49.4 Å². The summed E-state index contributed by atoms with van der Waals surface area (Å²) in [5, 5.41) is 4.51. The molecule has 1 aliphatic heterocycles. The van der Waals surface area contributed by atoms with E-state index in [2.05, 4.69) is 57.5 Å². The van der Waals surface area contributed by atoms with Crippen LogP contribution >= 0.6 is 0 Å². The Balaban J connectivity index is 1.56. The van der Waals surface area contributed by atoms with Crippen LogP contribution in [0.25, 0.3) is 22.2 Å². The van der Waals surface area contributed by atoms with Gasteiger partial charge in [-0.2, -0.15) is 4.98 Å². The molecular formula is C24H24N6. The van der Waals surface area contributed by atoms with E-state index in [1.165, 1.54) is 0 Å². The second-order valence-electron chi connectivity index (χ2n) is 7.60. The van der Waals surface area contributed by atoms with E-state index in [0.29, 0.717) is 5.95 Å². The molecule has 1 aliphatic rings. The van der Waals surface area contributed by atoms with Gasteiger partial charge in [0.2, 0.25) is 5.95 Å². The molecule has 150 valence electrons. The lowest BCUT2D eigenvalue weighted by molar-refractivity contribution is 0.312. The lowest BCUT2D eigenvalue weighted by Crippen LogP contribution is -2.44. The number of hydrogen-bond acceptors (Lipinski definition) is 6. The zero-order chi connectivity index (χ0) is 20.3. The van der Waals surface area contributed by atoms with Crippen molar-refractivity contribution in [2.45, 2.75) is 0 Å². The Hall–Kier alpha value is -3.51. The fourth-order valence-corrected chi connectivity index (χ4v) is 3.77. The van der Waals surface area contributed by atoms with Crippen LogP contribution in [0.5, 0.6) is 0 Å². The van der Waals surface area contributed by atoms with Crippen LogP contribution in [0.3, 0.4) is 0 Å². The summed E-state index contributed by atoms with van der Waals surface area (Å²) in [7, 11) is 2.16. The number of piperazine rings is 1. The quantitative estimate of drug-likeness (QED) is 0.558. The number of benzene rings is 2. The number of hydrogen-bond donors (Lipinski definition) is 1. The van der Waals surface area contributed by atoms with Gasteiger partial charge in [-0.3, -0.25) is 4.98 Å². The van der Waals surface area contributed by atoms with Gasteiger partial charge >= 0.3 is 0 Å². The maximum atomic E-state index is 4.87. The van der Waals surface area contributed by atoms with E-state index in [1.807, 2.05) is 42.6 Å². The van der Waals surface area contributed by atoms with E-state index in [0.717, 1.165) is 59.8 Å². The third-order valence-corrected chi connectivity index (χ3v) is 5.49. The maximum Gasteiger partial charge on any atom is 0.229 e. The van der Waals surface area contributed by atoms with Crippen molar-refractivity contribution in [3.63, 3.8) is 0 Å². The van der Waals surface area contributed by atoms with Gasteiger partial charge in [0.25, 0.3) is 0 Å². The van der Waals surface area contributed by atoms with E-state index < -0.39 is 0 Å². The number of nitrogens with zero attached hydrogens (tertiary/aromatic N) is 5. The first kappa shape index (κ1) is 18.5. The molecule has 0 radical (unpaired) electrons. The Morgan fingerprint density at radius 3 is 2.47 bits per heavy atom. The largest absolute Gasteiger partial charge is 0.354 e. The minimum absolute atomic E-state index is 0.587. The number of aromatic nitrogens is 3. The Kier molecular flexibility index (Phi) is 4.99. The average molecular weight is 396 g/mol. The molecule has 0 unspecified atom stereocenters. The highest BCUT2D eigenvalue weighted by Crippen LogP contribution is 2.28. The number of pyridine rings is 1. The summed E-state index contributed by atoms with van der Waals surface area (Å²) >= 11 is 0. The van der Waals surface area contributed by atoms with Gasteiger partial charge in [-0.1, -0.05) is 48.5 Å². The molecule has 0 aliphatic carbocycles. The predicted molar refractivity (Wildman–Crippen MR) is 122 cm³/mol. The van der Waals surface area contributed by atoms with E-state index in [1.54, 1.807) is 0 Å². The van der Waals surface area contributed by atoms with E-state index in [4.69, 9.17) is 9.97 Å². The smallest absolute Gasteiger partial charge is 0.229 e. The molecule has 3 heterocycles. The second-order valence-corrected chi connectivity index (χ2v) is 7.60. The van der Waals surface area contributed by atoms with Crippen molar-refractivity contribution in [1.29, 1.82) is 0 Å². The maximum absolute atomic E-state index is 4.87. The summed E-state index contributed by atoms with van der Waals surface area (Å²) in [5.74, 6) is 1.54. The Morgan fingerprint density at radius 1 is 0.833 bits per heavy atom. The lowest BCUT2D eigenvalue weighted by atomic mass is 10.1. The molecule has 5 rings (SSSR count). The number of likely N-dealkylation sites (N-methyl/N-ethyl adjacent to an activating group) is 1. The number of nitrogens with one attached hydrogen (secondary N) is 1. The SMILES string of the molecule is CN1CCN(c2cc(-c3ccccc3)nc(Nc3cccc4cccnc34)n2)CC1. The summed E-state index contributed by atoms with van der Waals surface area (Å²) in [6.45, 7) is 3.97. The first-order valence-corrected chi connectivity index (χ1v) is 10.2. The van der Waals surface area contributed by atoms with Crippen molar-refractivity contribution >= 4 is 28.4 Å². The number of para-hydroxylation sites is 1. The molecule has 0 spiro atoms. The van der Waals surface area contributed by atoms with Gasteiger partial charge in [-0.15, -0.1) is 0 Å². The van der Waals surface area contributed by atoms with E-state index in [9.17, 15) is 0 Å². The fourth-order valence-electron chi connectivity index (χ4n) is 3.77. The van der Waals surface area contributed by atoms with Crippen LogP contribution in [0.4, 0.5) is 17.5 Å². The third-order valence-electron chi connectivity index (χ3n) is 5.49. The Bertz CT molecular complexity index is 1150. The van der Waals surface area contributed by atoms with Crippen molar-refractivity contribution in [2.75, 3.05) is 43.4 Å². The highest BCUT2D eigenvalue weighted by Gasteiger charge is 2.18. The molecule has 2 aromatic heterocycles. The van der Waals surface area contributed by atoms with Gasteiger partial charge in [0.05, 0.1) is 16.9 Å². The van der Waals surface area contributed by atoms with Crippen LogP contribution in [-0.4, -0.2) is 53.1 Å². The first-order chi connectivity index (χ1) is 14.8. The topological polar surface area (TPSA) is 57.2 Å². The van der Waals surface area contributed by atoms with Gasteiger partial charge in [-0.05, 0) is 19.2 Å². The molecular weight excluding hydrogens is 372 g/mol. The van der Waals surface area contributed by atoms with Gasteiger partial charge in [-0.25, -0.2) is 4.98 Å². The minimum Gasteiger partial charge on any atom is -0.354 e. The number of anilines is 3. The molecule has 1 saturated heterocycles. The van der Waals surface area contributed by atoms with E-state index in [-0.39, 0.29) is 0 Å². The molecule has 2 aromatic carbocycles. The minimum atomic E-state index is 0.587. The summed E-state index contributed by atoms with van der Waals surface area (Å²) in [4.78, 5) is 18.9. The van der Waals surface area contributed by atoms with Crippen molar-refractivity contribution in [3.8, 4) is 11.3 Å². The van der Waals surface area contributed by atoms with E-state index >= 15 is 0 Å². The summed E-state index contributed by atoms with van der Waals surface area (Å²) in [6.07, 6.45) is 1.81. The standard InChI is InChI=1S/C24H24N6/c1-29-13-15-30(16-14-29)22-17-21(18-7-3-2-4-8-18)27-24(28-22)26-20-11-5-9-19-10-6-12-25-23(19)20/h2-12,17H,13-16H2,1H3,(H,26,27,28). The zero-order valence-electron chi connectivity index (χ0n) is 17.0. The van der Waals surface area contributed by atoms with Gasteiger partial charge < -0.3 is 15.1 Å². The molecule has 30 heavy (non-hydrogen) atoms. The molecule has 0 amide bonds. The highest BCUT2D eigenvalue weighted by atomic mass is 15.3. The number of rotatable bonds is 4. The zero-order valence-corrected chi connectivity index (χ0v) is 17.0. The van der Waals surface area contributed by atoms with Crippen LogP contribution in [0, 0.1) is 0 Å². The van der Waals surface area contributed by atoms with Crippen LogP contribution in [-0.2, 0) is 0 Å². The fraction of sp³-hybridized carbons (Fsp3) is 0.208. The van der Waals surface area contributed by atoms with Crippen molar-refractivity contribution in [2.24, 2.45) is 0 Å². The van der Waals surface area contributed by atoms with Gasteiger partial charge in [0.15, 0.2) is 0 Å². The van der Waals surface area contributed by atoms with Gasteiger partial charge in [0.1, 0.15) is 5.82 Å². The summed E-state index contributed by atoms with van der Waals surface area (Å²) in [6, 6.07) is 22.5. The Labute approximate surface area is 176 Å². The monoisotopic (exact) mass is 396 g/mol.